The van der Waals surface area contributed by atoms with Crippen molar-refractivity contribution >= 4 is 5.78 Å². The molecule has 3 aromatic rings. The van der Waals surface area contributed by atoms with Gasteiger partial charge in [0.15, 0.2) is 5.78 Å². The zero-order chi connectivity index (χ0) is 27.3. The maximum atomic E-state index is 13.5. The number of aromatic amines is 1. The molecule has 1 aromatic heterocycles. The third-order valence-electron chi connectivity index (χ3n) is 8.05. The maximum absolute atomic E-state index is 13.5. The molecule has 2 nitrogen and oxygen atoms in total. The lowest BCUT2D eigenvalue weighted by molar-refractivity contribution is 0.0975. The number of unbranched alkanes of at least 4 members (excludes halogenated alkanes) is 2. The number of benzene rings is 2. The third kappa shape index (κ3) is 7.16. The predicted molar refractivity (Wildman–Crippen MR) is 163 cm³/mol. The minimum Gasteiger partial charge on any atom is -0.352 e. The second-order valence-corrected chi connectivity index (χ2v) is 13.3. The predicted octanol–water partition coefficient (Wildman–Crippen LogP) is 10.4. The minimum atomic E-state index is 0.0999. The van der Waals surface area contributed by atoms with Crippen LogP contribution in [0.2, 0.25) is 0 Å². The Morgan fingerprint density at radius 1 is 0.816 bits per heavy atom. The van der Waals surface area contributed by atoms with Crippen molar-refractivity contribution < 1.29 is 4.79 Å². The van der Waals surface area contributed by atoms with Crippen LogP contribution >= 0.6 is 0 Å². The summed E-state index contributed by atoms with van der Waals surface area (Å²) in [6.07, 6.45) is 13.8. The van der Waals surface area contributed by atoms with Gasteiger partial charge in [-0.3, -0.25) is 4.79 Å². The van der Waals surface area contributed by atoms with E-state index in [2.05, 4.69) is 113 Å². The van der Waals surface area contributed by atoms with E-state index in [4.69, 9.17) is 0 Å². The van der Waals surface area contributed by atoms with Crippen molar-refractivity contribution in [1.82, 2.24) is 4.98 Å². The van der Waals surface area contributed by atoms with Gasteiger partial charge in [0.25, 0.3) is 0 Å². The van der Waals surface area contributed by atoms with E-state index >= 15 is 0 Å². The normalized spacial score (nSPS) is 16.1. The van der Waals surface area contributed by atoms with E-state index < -0.39 is 0 Å². The van der Waals surface area contributed by atoms with Crippen LogP contribution in [0.3, 0.4) is 0 Å². The number of carbonyl (C=O) groups excluding carboxylic acids is 1. The second-order valence-electron chi connectivity index (χ2n) is 13.3. The lowest BCUT2D eigenvalue weighted by Crippen LogP contribution is -2.10. The number of rotatable bonds is 9. The highest BCUT2D eigenvalue weighted by atomic mass is 16.1. The van der Waals surface area contributed by atoms with Crippen LogP contribution in [0.25, 0.3) is 22.4 Å². The molecule has 38 heavy (non-hydrogen) atoms. The van der Waals surface area contributed by atoms with Crippen LogP contribution in [0, 0.1) is 5.92 Å². The molecule has 1 N–H and O–H groups in total. The first-order valence-electron chi connectivity index (χ1n) is 14.7. The summed E-state index contributed by atoms with van der Waals surface area (Å²) in [6, 6.07) is 19.7. The van der Waals surface area contributed by atoms with Crippen LogP contribution in [0.15, 0.2) is 66.7 Å². The number of aromatic nitrogens is 1. The molecule has 0 saturated carbocycles. The number of ketones is 1. The molecule has 1 unspecified atom stereocenters. The number of Topliss-reactive ketones (excluding diaryl/α,β-unsaturated/α-hetero) is 1. The Morgan fingerprint density at radius 2 is 1.42 bits per heavy atom. The third-order valence-corrected chi connectivity index (χ3v) is 8.05. The Bertz CT molecular complexity index is 1230. The molecule has 202 valence electrons. The van der Waals surface area contributed by atoms with Crippen molar-refractivity contribution in [3.05, 3.63) is 83.6 Å². The molecule has 0 aliphatic heterocycles. The molecule has 4 rings (SSSR count). The van der Waals surface area contributed by atoms with E-state index in [0.29, 0.717) is 6.42 Å². The summed E-state index contributed by atoms with van der Waals surface area (Å²) in [4.78, 5) is 17.1. The minimum absolute atomic E-state index is 0.0999. The summed E-state index contributed by atoms with van der Waals surface area (Å²) in [7, 11) is 0. The van der Waals surface area contributed by atoms with Crippen molar-refractivity contribution in [3.63, 3.8) is 0 Å². The zero-order valence-electron chi connectivity index (χ0n) is 24.5. The fourth-order valence-electron chi connectivity index (χ4n) is 5.47. The number of hydrogen-bond acceptors (Lipinski definition) is 1. The molecule has 0 radical (unpaired) electrons. The van der Waals surface area contributed by atoms with E-state index in [9.17, 15) is 4.79 Å². The van der Waals surface area contributed by atoms with Gasteiger partial charge in [-0.15, -0.1) is 0 Å². The summed E-state index contributed by atoms with van der Waals surface area (Å²) in [5.41, 5.74) is 7.81. The van der Waals surface area contributed by atoms with Gasteiger partial charge in [-0.25, -0.2) is 0 Å². The van der Waals surface area contributed by atoms with E-state index in [-0.39, 0.29) is 16.6 Å². The Balaban J connectivity index is 1.53. The summed E-state index contributed by atoms with van der Waals surface area (Å²) in [6.45, 7) is 13.4. The Hall–Kier alpha value is -2.87. The molecule has 2 heteroatoms. The molecule has 1 atom stereocenters. The van der Waals surface area contributed by atoms with Crippen molar-refractivity contribution in [2.24, 2.45) is 5.92 Å². The number of allylic oxidation sites excluding steroid dienone is 2. The van der Waals surface area contributed by atoms with Crippen molar-refractivity contribution in [2.45, 2.75) is 104 Å². The smallest absolute Gasteiger partial charge is 0.179 e. The molecule has 2 aromatic carbocycles. The Morgan fingerprint density at radius 3 is 1.97 bits per heavy atom. The van der Waals surface area contributed by atoms with E-state index in [1.54, 1.807) is 0 Å². The highest BCUT2D eigenvalue weighted by Crippen LogP contribution is 2.34. The average molecular weight is 510 g/mol. The lowest BCUT2D eigenvalue weighted by Gasteiger charge is -2.19. The van der Waals surface area contributed by atoms with Crippen molar-refractivity contribution in [2.75, 3.05) is 0 Å². The molecule has 0 bridgehead atoms. The fraction of sp³-hybridized carbons (Fsp3) is 0.472. The van der Waals surface area contributed by atoms with Gasteiger partial charge in [0, 0.05) is 17.7 Å². The van der Waals surface area contributed by atoms with Gasteiger partial charge in [-0.2, -0.15) is 0 Å². The van der Waals surface area contributed by atoms with Gasteiger partial charge in [0.2, 0.25) is 0 Å². The molecule has 1 aliphatic carbocycles. The Labute approximate surface area is 231 Å². The summed E-state index contributed by atoms with van der Waals surface area (Å²) in [5.74, 6) is 0.966. The van der Waals surface area contributed by atoms with Gasteiger partial charge >= 0.3 is 0 Å². The Kier molecular flexibility index (Phi) is 8.81. The van der Waals surface area contributed by atoms with Gasteiger partial charge in [0.1, 0.15) is 0 Å². The highest BCUT2D eigenvalue weighted by molar-refractivity contribution is 6.02. The first-order valence-corrected chi connectivity index (χ1v) is 14.7. The lowest BCUT2D eigenvalue weighted by atomic mass is 9.86. The van der Waals surface area contributed by atoms with Gasteiger partial charge in [-0.05, 0) is 77.2 Å². The number of hydrogen-bond donors (Lipinski definition) is 1. The molecule has 0 amide bonds. The number of carbonyl (C=O) groups is 1. The molecule has 0 spiro atoms. The average Bonchev–Trinajstić information content (AvgIpc) is 3.34. The monoisotopic (exact) mass is 509 g/mol. The summed E-state index contributed by atoms with van der Waals surface area (Å²) < 4.78 is 0. The highest BCUT2D eigenvalue weighted by Gasteiger charge is 2.20. The number of nitrogens with one attached hydrogen (secondary N) is 1. The number of H-pyrrole nitrogens is 1. The summed E-state index contributed by atoms with van der Waals surface area (Å²) >= 11 is 0. The first kappa shape index (κ1) is 28.1. The van der Waals surface area contributed by atoms with Gasteiger partial charge < -0.3 is 4.98 Å². The fourth-order valence-corrected chi connectivity index (χ4v) is 5.47. The molecular weight excluding hydrogens is 462 g/mol. The zero-order valence-corrected chi connectivity index (χ0v) is 24.5. The standard InChI is InChI=1S/C36H47NO/c1-35(2,3)29-21-17-27(18-22-29)31-25-32(28-19-23-30(24-20-28)36(4,5)6)37-34(31)33(38)16-12-8-11-15-26-13-9-7-10-14-26/h9,13,17-26,37H,7-8,10-12,14-16H2,1-6H3. The molecule has 1 heterocycles. The molecule has 1 aliphatic rings. The van der Waals surface area contributed by atoms with Crippen LogP contribution in [0.1, 0.15) is 115 Å². The van der Waals surface area contributed by atoms with Crippen molar-refractivity contribution in [3.8, 4) is 22.4 Å². The first-order chi connectivity index (χ1) is 18.0. The van der Waals surface area contributed by atoms with E-state index in [1.807, 2.05) is 0 Å². The molecule has 0 saturated heterocycles. The van der Waals surface area contributed by atoms with Crippen LogP contribution in [-0.2, 0) is 10.8 Å². The van der Waals surface area contributed by atoms with Gasteiger partial charge in [-0.1, -0.05) is 115 Å². The van der Waals surface area contributed by atoms with E-state index in [1.165, 1.54) is 43.2 Å². The van der Waals surface area contributed by atoms with Crippen molar-refractivity contribution in [1.29, 1.82) is 0 Å². The topological polar surface area (TPSA) is 32.9 Å². The summed E-state index contributed by atoms with van der Waals surface area (Å²) in [5, 5.41) is 0. The SMILES string of the molecule is CC(C)(C)c1ccc(-c2cc(-c3ccc(C(C)(C)C)cc3)c(C(=O)CCCCCC3C=CCCC3)[nH]2)cc1. The van der Waals surface area contributed by atoms with Crippen LogP contribution < -0.4 is 0 Å². The second kappa shape index (κ2) is 11.9. The molecular formula is C36H47NO. The van der Waals surface area contributed by atoms with E-state index in [0.717, 1.165) is 46.8 Å². The van der Waals surface area contributed by atoms with Crippen LogP contribution in [-0.4, -0.2) is 10.8 Å². The van der Waals surface area contributed by atoms with Crippen LogP contribution in [0.4, 0.5) is 0 Å². The largest absolute Gasteiger partial charge is 0.352 e. The maximum Gasteiger partial charge on any atom is 0.179 e. The van der Waals surface area contributed by atoms with Crippen LogP contribution in [0.5, 0.6) is 0 Å². The quantitative estimate of drug-likeness (QED) is 0.174. The van der Waals surface area contributed by atoms with Gasteiger partial charge in [0.05, 0.1) is 5.69 Å². The molecule has 0 fully saturated rings.